The minimum atomic E-state index is -0.845. The normalized spacial score (nSPS) is 10.1. The van der Waals surface area contributed by atoms with Crippen LogP contribution < -0.4 is 0 Å². The summed E-state index contributed by atoms with van der Waals surface area (Å²) in [7, 11) is 0. The molecule has 0 amide bonds. The summed E-state index contributed by atoms with van der Waals surface area (Å²) in [5.41, 5.74) is 2.73. The molecule has 0 bridgehead atoms. The lowest BCUT2D eigenvalue weighted by Crippen LogP contribution is -1.93. The molecule has 0 spiro atoms. The van der Waals surface area contributed by atoms with Gasteiger partial charge in [0, 0.05) is 5.57 Å². The van der Waals surface area contributed by atoms with E-state index in [1.807, 2.05) is 25.1 Å². The number of benzene rings is 1. The molecule has 1 aromatic carbocycles. The Morgan fingerprint density at radius 3 is 1.94 bits per heavy atom. The van der Waals surface area contributed by atoms with Crippen molar-refractivity contribution in [2.75, 3.05) is 0 Å². The van der Waals surface area contributed by atoms with Gasteiger partial charge in [0.1, 0.15) is 0 Å². The van der Waals surface area contributed by atoms with Gasteiger partial charge in [-0.05, 0) is 26.3 Å². The Hall–Kier alpha value is -1.83. The average molecular weight is 218 g/mol. The van der Waals surface area contributed by atoms with Crippen LogP contribution in [0.15, 0.2) is 48.6 Å². The van der Waals surface area contributed by atoms with Gasteiger partial charge in [-0.2, -0.15) is 0 Å². The minimum Gasteiger partial charge on any atom is -0.478 e. The molecular formula is C14H18O2. The van der Waals surface area contributed by atoms with Gasteiger partial charge >= 0.3 is 5.97 Å². The first-order chi connectivity index (χ1) is 7.49. The van der Waals surface area contributed by atoms with Crippen molar-refractivity contribution in [3.63, 3.8) is 0 Å². The second-order valence-corrected chi connectivity index (χ2v) is 3.42. The Labute approximate surface area is 96.9 Å². The minimum absolute atomic E-state index is 0.389. The van der Waals surface area contributed by atoms with Crippen LogP contribution >= 0.6 is 0 Å². The fourth-order valence-corrected chi connectivity index (χ4v) is 0.846. The fraction of sp³-hybridized carbons (Fsp3) is 0.214. The van der Waals surface area contributed by atoms with Crippen LogP contribution in [-0.2, 0) is 4.79 Å². The van der Waals surface area contributed by atoms with E-state index in [9.17, 15) is 4.79 Å². The van der Waals surface area contributed by atoms with Crippen molar-refractivity contribution in [1.82, 2.24) is 0 Å². The van der Waals surface area contributed by atoms with Gasteiger partial charge in [0.25, 0.3) is 0 Å². The number of carbonyl (C=O) groups is 1. The SMILES string of the molecule is C=C(C)c1ccccc1.CC=C(C)C(=O)O. The molecule has 0 atom stereocenters. The summed E-state index contributed by atoms with van der Waals surface area (Å²) in [5.74, 6) is -0.845. The van der Waals surface area contributed by atoms with Crippen LogP contribution in [0.3, 0.4) is 0 Å². The maximum absolute atomic E-state index is 9.86. The van der Waals surface area contributed by atoms with E-state index in [4.69, 9.17) is 5.11 Å². The summed E-state index contributed by atoms with van der Waals surface area (Å²) < 4.78 is 0. The lowest BCUT2D eigenvalue weighted by atomic mass is 10.1. The predicted octanol–water partition coefficient (Wildman–Crippen LogP) is 3.76. The molecule has 1 rings (SSSR count). The van der Waals surface area contributed by atoms with E-state index in [1.165, 1.54) is 5.56 Å². The van der Waals surface area contributed by atoms with Crippen molar-refractivity contribution in [3.05, 3.63) is 54.1 Å². The Morgan fingerprint density at radius 2 is 1.75 bits per heavy atom. The molecule has 1 N–H and O–H groups in total. The van der Waals surface area contributed by atoms with Crippen molar-refractivity contribution in [1.29, 1.82) is 0 Å². The summed E-state index contributed by atoms with van der Waals surface area (Å²) in [5, 5.41) is 8.11. The third kappa shape index (κ3) is 5.81. The third-order valence-corrected chi connectivity index (χ3v) is 2.04. The lowest BCUT2D eigenvalue weighted by molar-refractivity contribution is -0.132. The zero-order valence-corrected chi connectivity index (χ0v) is 10.0. The molecule has 1 aromatic rings. The number of aliphatic carboxylic acids is 1. The standard InChI is InChI=1S/C9H10.C5H8O2/c1-8(2)9-6-4-3-5-7-9;1-3-4(2)5(6)7/h3-7H,1H2,2H3;3H,1-2H3,(H,6,7). The average Bonchev–Trinajstić information content (AvgIpc) is 2.29. The van der Waals surface area contributed by atoms with Gasteiger partial charge in [-0.1, -0.05) is 48.6 Å². The molecular weight excluding hydrogens is 200 g/mol. The summed E-state index contributed by atoms with van der Waals surface area (Å²) in [6.45, 7) is 9.09. The van der Waals surface area contributed by atoms with E-state index < -0.39 is 5.97 Å². The van der Waals surface area contributed by atoms with E-state index in [0.29, 0.717) is 5.57 Å². The van der Waals surface area contributed by atoms with Gasteiger partial charge in [0.2, 0.25) is 0 Å². The van der Waals surface area contributed by atoms with Crippen LogP contribution in [0.2, 0.25) is 0 Å². The van der Waals surface area contributed by atoms with Crippen LogP contribution in [0.4, 0.5) is 0 Å². The van der Waals surface area contributed by atoms with Gasteiger partial charge in [-0.15, -0.1) is 0 Å². The van der Waals surface area contributed by atoms with Crippen molar-refractivity contribution in [2.24, 2.45) is 0 Å². The molecule has 0 aliphatic rings. The third-order valence-electron chi connectivity index (χ3n) is 2.04. The molecule has 0 fully saturated rings. The molecule has 2 nitrogen and oxygen atoms in total. The number of allylic oxidation sites excluding steroid dienone is 2. The first-order valence-electron chi connectivity index (χ1n) is 5.06. The highest BCUT2D eigenvalue weighted by molar-refractivity contribution is 5.85. The van der Waals surface area contributed by atoms with Crippen LogP contribution in [-0.4, -0.2) is 11.1 Å². The quantitative estimate of drug-likeness (QED) is 0.767. The van der Waals surface area contributed by atoms with Crippen molar-refractivity contribution in [3.8, 4) is 0 Å². The molecule has 16 heavy (non-hydrogen) atoms. The highest BCUT2D eigenvalue weighted by Crippen LogP contribution is 2.08. The molecule has 0 aliphatic heterocycles. The molecule has 0 aliphatic carbocycles. The highest BCUT2D eigenvalue weighted by Gasteiger charge is 1.93. The first kappa shape index (κ1) is 14.2. The van der Waals surface area contributed by atoms with Gasteiger partial charge in [-0.25, -0.2) is 4.79 Å². The van der Waals surface area contributed by atoms with E-state index in [-0.39, 0.29) is 0 Å². The fourth-order valence-electron chi connectivity index (χ4n) is 0.846. The second kappa shape index (κ2) is 7.46. The lowest BCUT2D eigenvalue weighted by Gasteiger charge is -1.94. The van der Waals surface area contributed by atoms with Crippen molar-refractivity contribution >= 4 is 11.5 Å². The summed E-state index contributed by atoms with van der Waals surface area (Å²) in [6, 6.07) is 10.2. The number of hydrogen-bond acceptors (Lipinski definition) is 1. The van der Waals surface area contributed by atoms with E-state index in [1.54, 1.807) is 19.9 Å². The highest BCUT2D eigenvalue weighted by atomic mass is 16.4. The zero-order valence-electron chi connectivity index (χ0n) is 10.0. The zero-order chi connectivity index (χ0) is 12.6. The van der Waals surface area contributed by atoms with Crippen LogP contribution in [0.25, 0.3) is 5.57 Å². The maximum Gasteiger partial charge on any atom is 0.330 e. The Bertz CT molecular complexity index is 375. The molecule has 2 heteroatoms. The Balaban J connectivity index is 0.000000293. The molecule has 0 heterocycles. The largest absolute Gasteiger partial charge is 0.478 e. The summed E-state index contributed by atoms with van der Waals surface area (Å²) in [4.78, 5) is 9.86. The maximum atomic E-state index is 9.86. The van der Waals surface area contributed by atoms with Gasteiger partial charge < -0.3 is 5.11 Å². The first-order valence-corrected chi connectivity index (χ1v) is 5.06. The molecule has 86 valence electrons. The second-order valence-electron chi connectivity index (χ2n) is 3.42. The molecule has 0 saturated heterocycles. The van der Waals surface area contributed by atoms with E-state index in [0.717, 1.165) is 5.57 Å². The molecule has 0 unspecified atom stereocenters. The van der Waals surface area contributed by atoms with Gasteiger partial charge in [0.05, 0.1) is 0 Å². The smallest absolute Gasteiger partial charge is 0.330 e. The Morgan fingerprint density at radius 1 is 1.25 bits per heavy atom. The van der Waals surface area contributed by atoms with Crippen molar-refractivity contribution in [2.45, 2.75) is 20.8 Å². The summed E-state index contributed by atoms with van der Waals surface area (Å²) in [6.07, 6.45) is 1.56. The topological polar surface area (TPSA) is 37.3 Å². The molecule has 0 aromatic heterocycles. The van der Waals surface area contributed by atoms with Crippen LogP contribution in [0.1, 0.15) is 26.3 Å². The van der Waals surface area contributed by atoms with E-state index in [2.05, 4.69) is 18.7 Å². The monoisotopic (exact) mass is 218 g/mol. The van der Waals surface area contributed by atoms with Crippen molar-refractivity contribution < 1.29 is 9.90 Å². The van der Waals surface area contributed by atoms with Crippen LogP contribution in [0, 0.1) is 0 Å². The number of carboxylic acids is 1. The molecule has 0 saturated carbocycles. The van der Waals surface area contributed by atoms with Gasteiger partial charge in [0.15, 0.2) is 0 Å². The number of carboxylic acid groups (broad SMARTS) is 1. The predicted molar refractivity (Wildman–Crippen MR) is 68.2 cm³/mol. The number of rotatable bonds is 2. The van der Waals surface area contributed by atoms with Gasteiger partial charge in [-0.3, -0.25) is 0 Å². The van der Waals surface area contributed by atoms with E-state index >= 15 is 0 Å². The van der Waals surface area contributed by atoms with Crippen LogP contribution in [0.5, 0.6) is 0 Å². The summed E-state index contributed by atoms with van der Waals surface area (Å²) >= 11 is 0. The number of hydrogen-bond donors (Lipinski definition) is 1. The molecule has 0 radical (unpaired) electrons. The Kier molecular flexibility index (Phi) is 6.61.